The lowest BCUT2D eigenvalue weighted by Gasteiger charge is -2.40. The Morgan fingerprint density at radius 2 is 1.71 bits per heavy atom. The Morgan fingerprint density at radius 1 is 1.07 bits per heavy atom. The number of rotatable bonds is 5. The number of ketones is 1. The fourth-order valence-electron chi connectivity index (χ4n) is 5.68. The van der Waals surface area contributed by atoms with Crippen LogP contribution in [-0.4, -0.2) is 50.4 Å². The van der Waals surface area contributed by atoms with E-state index in [9.17, 15) is 13.2 Å². The lowest BCUT2D eigenvalue weighted by molar-refractivity contribution is -0.128. The third kappa shape index (κ3) is 3.00. The van der Waals surface area contributed by atoms with Crippen LogP contribution in [0.3, 0.4) is 0 Å². The minimum atomic E-state index is -3.45. The van der Waals surface area contributed by atoms with Crippen LogP contribution in [0.1, 0.15) is 45.6 Å². The highest BCUT2D eigenvalue weighted by atomic mass is 32.2. The average molecular weight is 405 g/mol. The topological polar surface area (TPSA) is 57.7 Å². The molecule has 0 amide bonds. The van der Waals surface area contributed by atoms with E-state index in [1.807, 2.05) is 0 Å². The Morgan fingerprint density at radius 3 is 2.21 bits per heavy atom. The molecule has 2 saturated carbocycles. The highest BCUT2D eigenvalue weighted by molar-refractivity contribution is 7.89. The molecule has 2 atom stereocenters. The number of sulfonamides is 1. The number of aryl methyl sites for hydroxylation is 1. The van der Waals surface area contributed by atoms with Crippen molar-refractivity contribution < 1.29 is 13.2 Å². The van der Waals surface area contributed by atoms with Gasteiger partial charge in [0, 0.05) is 43.7 Å². The molecular weight excluding hydrogens is 372 g/mol. The molecule has 1 saturated heterocycles. The average Bonchev–Trinajstić information content (AvgIpc) is 3.02. The van der Waals surface area contributed by atoms with Crippen LogP contribution < -0.4 is 4.90 Å². The molecule has 2 aliphatic carbocycles. The van der Waals surface area contributed by atoms with Crippen molar-refractivity contribution in [2.75, 3.05) is 36.8 Å². The van der Waals surface area contributed by atoms with Crippen LogP contribution in [0.25, 0.3) is 0 Å². The molecule has 1 aromatic carbocycles. The van der Waals surface area contributed by atoms with Crippen molar-refractivity contribution in [2.24, 2.45) is 16.7 Å². The molecule has 0 radical (unpaired) electrons. The van der Waals surface area contributed by atoms with E-state index >= 15 is 0 Å². The molecule has 3 fully saturated rings. The zero-order valence-corrected chi connectivity index (χ0v) is 18.1. The second kappa shape index (κ2) is 6.84. The first kappa shape index (κ1) is 19.9. The second-order valence-corrected chi connectivity index (χ2v) is 11.3. The summed E-state index contributed by atoms with van der Waals surface area (Å²) >= 11 is 0. The van der Waals surface area contributed by atoms with E-state index in [4.69, 9.17) is 0 Å². The molecule has 1 heterocycles. The predicted octanol–water partition coefficient (Wildman–Crippen LogP) is 3.10. The summed E-state index contributed by atoms with van der Waals surface area (Å²) in [5.74, 6) is 0.512. The van der Waals surface area contributed by atoms with Crippen molar-refractivity contribution in [3.63, 3.8) is 0 Å². The van der Waals surface area contributed by atoms with Crippen molar-refractivity contribution >= 4 is 21.5 Å². The van der Waals surface area contributed by atoms with Crippen molar-refractivity contribution in [1.82, 2.24) is 4.31 Å². The van der Waals surface area contributed by atoms with Gasteiger partial charge in [0.15, 0.2) is 0 Å². The van der Waals surface area contributed by atoms with Gasteiger partial charge in [0.25, 0.3) is 0 Å². The van der Waals surface area contributed by atoms with E-state index in [2.05, 4.69) is 49.9 Å². The van der Waals surface area contributed by atoms with E-state index < -0.39 is 15.4 Å². The Bertz CT molecular complexity index is 854. The summed E-state index contributed by atoms with van der Waals surface area (Å²) in [5.41, 5.74) is 1.57. The summed E-state index contributed by atoms with van der Waals surface area (Å²) in [6.45, 7) is 8.71. The highest BCUT2D eigenvalue weighted by Crippen LogP contribution is 2.64. The molecule has 154 valence electrons. The van der Waals surface area contributed by atoms with Gasteiger partial charge in [0.1, 0.15) is 5.78 Å². The van der Waals surface area contributed by atoms with E-state index in [1.54, 1.807) is 4.31 Å². The van der Waals surface area contributed by atoms with E-state index in [1.165, 1.54) is 5.56 Å². The SMILES string of the molecule is CCc1ccc(N2CCN(S(=O)(=O)C[C@@]34CC[C@H](CC3=O)C4(C)C)CC2)cc1. The fraction of sp³-hybridized carbons (Fsp3) is 0.682. The summed E-state index contributed by atoms with van der Waals surface area (Å²) in [7, 11) is -3.45. The zero-order chi connectivity index (χ0) is 20.2. The van der Waals surface area contributed by atoms with Crippen molar-refractivity contribution in [2.45, 2.75) is 46.5 Å². The molecule has 4 rings (SSSR count). The molecular formula is C22H32N2O3S. The van der Waals surface area contributed by atoms with Crippen LogP contribution in [0.15, 0.2) is 24.3 Å². The van der Waals surface area contributed by atoms with Gasteiger partial charge >= 0.3 is 0 Å². The van der Waals surface area contributed by atoms with Gasteiger partial charge in [-0.25, -0.2) is 8.42 Å². The number of hydrogen-bond acceptors (Lipinski definition) is 4. The van der Waals surface area contributed by atoms with E-state index in [0.717, 1.165) is 24.9 Å². The second-order valence-electron chi connectivity index (χ2n) is 9.33. The molecule has 0 spiro atoms. The highest BCUT2D eigenvalue weighted by Gasteiger charge is 2.65. The van der Waals surface area contributed by atoms with Crippen LogP contribution in [0.4, 0.5) is 5.69 Å². The lowest BCUT2D eigenvalue weighted by Crippen LogP contribution is -2.52. The Balaban J connectivity index is 1.44. The molecule has 1 aliphatic heterocycles. The summed E-state index contributed by atoms with van der Waals surface area (Å²) in [4.78, 5) is 15.0. The maximum atomic E-state index is 13.2. The van der Waals surface area contributed by atoms with Gasteiger partial charge in [-0.2, -0.15) is 4.31 Å². The van der Waals surface area contributed by atoms with Gasteiger partial charge in [-0.1, -0.05) is 32.9 Å². The smallest absolute Gasteiger partial charge is 0.215 e. The van der Waals surface area contributed by atoms with Gasteiger partial charge in [-0.15, -0.1) is 0 Å². The van der Waals surface area contributed by atoms with E-state index in [-0.39, 0.29) is 17.0 Å². The van der Waals surface area contributed by atoms with Crippen molar-refractivity contribution in [3.05, 3.63) is 29.8 Å². The number of anilines is 1. The maximum Gasteiger partial charge on any atom is 0.215 e. The number of benzene rings is 1. The largest absolute Gasteiger partial charge is 0.369 e. The Kier molecular flexibility index (Phi) is 4.86. The first-order valence-electron chi connectivity index (χ1n) is 10.5. The first-order valence-corrected chi connectivity index (χ1v) is 12.2. The number of fused-ring (bicyclic) bond motifs is 2. The Labute approximate surface area is 169 Å². The van der Waals surface area contributed by atoms with Gasteiger partial charge in [-0.3, -0.25) is 4.79 Å². The molecule has 1 aromatic rings. The van der Waals surface area contributed by atoms with Gasteiger partial charge < -0.3 is 4.90 Å². The fourth-order valence-corrected chi connectivity index (χ4v) is 7.88. The van der Waals surface area contributed by atoms with Gasteiger partial charge in [-0.05, 0) is 48.3 Å². The van der Waals surface area contributed by atoms with Crippen LogP contribution in [-0.2, 0) is 21.2 Å². The third-order valence-corrected chi connectivity index (χ3v) is 9.92. The maximum absolute atomic E-state index is 13.2. The van der Waals surface area contributed by atoms with Crippen LogP contribution in [0.5, 0.6) is 0 Å². The van der Waals surface area contributed by atoms with Crippen molar-refractivity contribution in [3.8, 4) is 0 Å². The molecule has 0 N–H and O–H groups in total. The van der Waals surface area contributed by atoms with Crippen LogP contribution in [0, 0.1) is 16.7 Å². The quantitative estimate of drug-likeness (QED) is 0.757. The number of piperazine rings is 1. The minimum Gasteiger partial charge on any atom is -0.369 e. The van der Waals surface area contributed by atoms with Crippen LogP contribution >= 0.6 is 0 Å². The van der Waals surface area contributed by atoms with E-state index in [0.29, 0.717) is 38.5 Å². The number of carbonyl (C=O) groups is 1. The summed E-state index contributed by atoms with van der Waals surface area (Å²) in [6.07, 6.45) is 3.29. The standard InChI is InChI=1S/C22H32N2O3S/c1-4-17-5-7-19(8-6-17)23-11-13-24(14-12-23)28(26,27)16-22-10-9-18(15-20(22)25)21(22,2)3/h5-8,18H,4,9-16H2,1-3H3/t18-,22+/m1/s1. The Hall–Kier alpha value is -1.40. The number of hydrogen-bond donors (Lipinski definition) is 0. The number of nitrogens with zero attached hydrogens (tertiary/aromatic N) is 2. The van der Waals surface area contributed by atoms with Gasteiger partial charge in [0.2, 0.25) is 10.0 Å². The number of carbonyl (C=O) groups excluding carboxylic acids is 1. The monoisotopic (exact) mass is 404 g/mol. The van der Waals surface area contributed by atoms with Crippen LogP contribution in [0.2, 0.25) is 0 Å². The first-order chi connectivity index (χ1) is 13.2. The lowest BCUT2D eigenvalue weighted by atomic mass is 9.70. The summed E-state index contributed by atoms with van der Waals surface area (Å²) in [5, 5.41) is 0. The zero-order valence-electron chi connectivity index (χ0n) is 17.3. The molecule has 5 nitrogen and oxygen atoms in total. The van der Waals surface area contributed by atoms with Crippen molar-refractivity contribution in [1.29, 1.82) is 0 Å². The molecule has 6 heteroatoms. The molecule has 0 aromatic heterocycles. The molecule has 28 heavy (non-hydrogen) atoms. The predicted molar refractivity (Wildman–Crippen MR) is 112 cm³/mol. The third-order valence-electron chi connectivity index (χ3n) is 7.91. The summed E-state index contributed by atoms with van der Waals surface area (Å²) in [6, 6.07) is 8.53. The normalized spacial score (nSPS) is 30.2. The summed E-state index contributed by atoms with van der Waals surface area (Å²) < 4.78 is 28.1. The van der Waals surface area contributed by atoms with Gasteiger partial charge in [0.05, 0.1) is 5.75 Å². The molecule has 0 unspecified atom stereocenters. The molecule has 3 aliphatic rings. The molecule has 2 bridgehead atoms. The number of Topliss-reactive ketones (excluding diaryl/α,β-unsaturated/α-hetero) is 1. The minimum absolute atomic E-state index is 0.00642.